The fraction of sp³-hybridized carbons (Fsp3) is 0.188. The van der Waals surface area contributed by atoms with Crippen molar-refractivity contribution in [1.82, 2.24) is 9.97 Å². The average molecular weight is 306 g/mol. The van der Waals surface area contributed by atoms with Gasteiger partial charge < -0.3 is 10.1 Å². The highest BCUT2D eigenvalue weighted by atomic mass is 19.4. The van der Waals surface area contributed by atoms with Crippen molar-refractivity contribution in [2.24, 2.45) is 0 Å². The molecule has 0 fully saturated rings. The van der Waals surface area contributed by atoms with E-state index in [0.29, 0.717) is 17.8 Å². The molecule has 0 spiro atoms. The van der Waals surface area contributed by atoms with Crippen LogP contribution in [0.2, 0.25) is 0 Å². The zero-order chi connectivity index (χ0) is 15.7. The summed E-state index contributed by atoms with van der Waals surface area (Å²) in [6.07, 6.45) is -3.87. The van der Waals surface area contributed by atoms with Gasteiger partial charge in [0.15, 0.2) is 0 Å². The summed E-state index contributed by atoms with van der Waals surface area (Å²) >= 11 is 0. The van der Waals surface area contributed by atoms with Crippen LogP contribution in [0.4, 0.5) is 13.2 Å². The summed E-state index contributed by atoms with van der Waals surface area (Å²) in [7, 11) is 0. The van der Waals surface area contributed by atoms with Crippen LogP contribution in [0.3, 0.4) is 0 Å². The first kappa shape index (κ1) is 14.6. The van der Waals surface area contributed by atoms with E-state index < -0.39 is 11.7 Å². The van der Waals surface area contributed by atoms with Crippen LogP contribution in [0.5, 0.6) is 0 Å². The third-order valence-electron chi connectivity index (χ3n) is 3.46. The summed E-state index contributed by atoms with van der Waals surface area (Å²) in [5, 5.41) is 9.07. The molecule has 2 N–H and O–H groups in total. The van der Waals surface area contributed by atoms with Gasteiger partial charge in [0.05, 0.1) is 16.6 Å². The normalized spacial score (nSPS) is 12.0. The number of nitrogens with one attached hydrogen (secondary N) is 1. The molecule has 114 valence electrons. The molecule has 22 heavy (non-hydrogen) atoms. The molecule has 2 aromatic carbocycles. The number of aromatic amines is 1. The maximum absolute atomic E-state index is 12.6. The van der Waals surface area contributed by atoms with Gasteiger partial charge in [0.25, 0.3) is 0 Å². The smallest absolute Gasteiger partial charge is 0.396 e. The monoisotopic (exact) mass is 306 g/mol. The Balaban J connectivity index is 2.01. The number of aliphatic hydroxyl groups is 1. The van der Waals surface area contributed by atoms with E-state index in [2.05, 4.69) is 9.97 Å². The van der Waals surface area contributed by atoms with Crippen LogP contribution in [0, 0.1) is 0 Å². The van der Waals surface area contributed by atoms with E-state index in [1.54, 1.807) is 0 Å². The summed E-state index contributed by atoms with van der Waals surface area (Å²) in [5.41, 5.74) is 2.31. The van der Waals surface area contributed by atoms with Gasteiger partial charge in [0.2, 0.25) is 0 Å². The van der Waals surface area contributed by atoms with Crippen LogP contribution in [0.1, 0.15) is 11.1 Å². The molecule has 0 aliphatic carbocycles. The lowest BCUT2D eigenvalue weighted by Gasteiger charge is -2.06. The molecule has 1 aromatic heterocycles. The van der Waals surface area contributed by atoms with E-state index in [1.165, 1.54) is 12.1 Å². The van der Waals surface area contributed by atoms with Crippen molar-refractivity contribution in [3.8, 4) is 11.4 Å². The van der Waals surface area contributed by atoms with Crippen molar-refractivity contribution in [2.75, 3.05) is 6.61 Å². The number of fused-ring (bicyclic) bond motifs is 1. The van der Waals surface area contributed by atoms with Crippen molar-refractivity contribution < 1.29 is 18.3 Å². The lowest BCUT2D eigenvalue weighted by molar-refractivity contribution is -0.137. The van der Waals surface area contributed by atoms with E-state index in [4.69, 9.17) is 5.11 Å². The Hall–Kier alpha value is -2.34. The molecule has 0 amide bonds. The highest BCUT2D eigenvalue weighted by Gasteiger charge is 2.30. The number of halogens is 3. The molecular formula is C16H13F3N2O. The first-order valence-electron chi connectivity index (χ1n) is 6.75. The average Bonchev–Trinajstić information content (AvgIpc) is 2.92. The molecule has 3 nitrogen and oxygen atoms in total. The number of rotatable bonds is 3. The third-order valence-corrected chi connectivity index (χ3v) is 3.46. The minimum absolute atomic E-state index is 0.0155. The van der Waals surface area contributed by atoms with E-state index in [-0.39, 0.29) is 6.61 Å². The quantitative estimate of drug-likeness (QED) is 0.773. The van der Waals surface area contributed by atoms with Gasteiger partial charge in [-0.2, -0.15) is 13.2 Å². The second kappa shape index (κ2) is 5.46. The predicted octanol–water partition coefficient (Wildman–Crippen LogP) is 3.78. The number of benzene rings is 2. The minimum atomic E-state index is -4.35. The van der Waals surface area contributed by atoms with Gasteiger partial charge in [-0.05, 0) is 30.2 Å². The number of hydrogen-bond donors (Lipinski definition) is 2. The number of para-hydroxylation sites is 1. The standard InChI is InChI=1S/C16H13F3N2O/c17-16(18,19)12-6-4-11(5-7-12)15-20-13-3-1-2-10(8-9-22)14(13)21-15/h1-7,22H,8-9H2,(H,20,21). The van der Waals surface area contributed by atoms with Gasteiger partial charge >= 0.3 is 6.18 Å². The SMILES string of the molecule is OCCc1cccc2[nH]c(-c3ccc(C(F)(F)F)cc3)nc12. The molecule has 0 aliphatic rings. The van der Waals surface area contributed by atoms with E-state index in [0.717, 1.165) is 28.7 Å². The van der Waals surface area contributed by atoms with Gasteiger partial charge in [-0.15, -0.1) is 0 Å². The van der Waals surface area contributed by atoms with Crippen LogP contribution in [0.25, 0.3) is 22.4 Å². The first-order valence-corrected chi connectivity index (χ1v) is 6.75. The molecule has 0 unspecified atom stereocenters. The summed E-state index contributed by atoms with van der Waals surface area (Å²) in [6.45, 7) is 0.0155. The second-order valence-corrected chi connectivity index (χ2v) is 4.95. The molecule has 6 heteroatoms. The van der Waals surface area contributed by atoms with Crippen molar-refractivity contribution in [3.05, 3.63) is 53.6 Å². The summed E-state index contributed by atoms with van der Waals surface area (Å²) in [6, 6.07) is 10.4. The molecule has 0 aliphatic heterocycles. The van der Waals surface area contributed by atoms with Gasteiger partial charge in [-0.25, -0.2) is 4.98 Å². The number of alkyl halides is 3. The van der Waals surface area contributed by atoms with Crippen LogP contribution in [-0.2, 0) is 12.6 Å². The number of hydrogen-bond acceptors (Lipinski definition) is 2. The number of aromatic nitrogens is 2. The topological polar surface area (TPSA) is 48.9 Å². The molecule has 3 rings (SSSR count). The molecule has 1 heterocycles. The highest BCUT2D eigenvalue weighted by Crippen LogP contribution is 2.31. The number of nitrogens with zero attached hydrogens (tertiary/aromatic N) is 1. The summed E-state index contributed by atoms with van der Waals surface area (Å²) in [5.74, 6) is 0.508. The maximum atomic E-state index is 12.6. The lowest BCUT2D eigenvalue weighted by atomic mass is 10.1. The molecular weight excluding hydrogens is 293 g/mol. The Bertz CT molecular complexity index is 791. The largest absolute Gasteiger partial charge is 0.416 e. The second-order valence-electron chi connectivity index (χ2n) is 4.95. The molecule has 0 radical (unpaired) electrons. The third kappa shape index (κ3) is 2.69. The number of H-pyrrole nitrogens is 1. The van der Waals surface area contributed by atoms with E-state index in [1.807, 2.05) is 18.2 Å². The Labute approximate surface area is 124 Å². The number of imidazole rings is 1. The fourth-order valence-electron chi connectivity index (χ4n) is 2.37. The zero-order valence-electron chi connectivity index (χ0n) is 11.5. The van der Waals surface area contributed by atoms with Gasteiger partial charge in [-0.3, -0.25) is 0 Å². The van der Waals surface area contributed by atoms with Crippen molar-refractivity contribution in [3.63, 3.8) is 0 Å². The number of aliphatic hydroxyl groups excluding tert-OH is 1. The van der Waals surface area contributed by atoms with Crippen LogP contribution >= 0.6 is 0 Å². The fourth-order valence-corrected chi connectivity index (χ4v) is 2.37. The Morgan fingerprint density at radius 2 is 1.77 bits per heavy atom. The van der Waals surface area contributed by atoms with Gasteiger partial charge in [0, 0.05) is 12.2 Å². The Morgan fingerprint density at radius 1 is 1.05 bits per heavy atom. The highest BCUT2D eigenvalue weighted by molar-refractivity contribution is 5.82. The van der Waals surface area contributed by atoms with Crippen LogP contribution in [-0.4, -0.2) is 21.7 Å². The Kier molecular flexibility index (Phi) is 3.62. The maximum Gasteiger partial charge on any atom is 0.416 e. The van der Waals surface area contributed by atoms with Gasteiger partial charge in [-0.1, -0.05) is 24.3 Å². The molecule has 0 bridgehead atoms. The van der Waals surface area contributed by atoms with Crippen molar-refractivity contribution in [1.29, 1.82) is 0 Å². The Morgan fingerprint density at radius 3 is 2.41 bits per heavy atom. The minimum Gasteiger partial charge on any atom is -0.396 e. The molecule has 0 saturated carbocycles. The van der Waals surface area contributed by atoms with Crippen LogP contribution < -0.4 is 0 Å². The zero-order valence-corrected chi connectivity index (χ0v) is 11.5. The first-order chi connectivity index (χ1) is 10.5. The predicted molar refractivity (Wildman–Crippen MR) is 77.3 cm³/mol. The molecule has 0 atom stereocenters. The summed E-state index contributed by atoms with van der Waals surface area (Å²) < 4.78 is 37.7. The lowest BCUT2D eigenvalue weighted by Crippen LogP contribution is -2.04. The molecule has 3 aromatic rings. The summed E-state index contributed by atoms with van der Waals surface area (Å²) in [4.78, 5) is 7.54. The van der Waals surface area contributed by atoms with Gasteiger partial charge in [0.1, 0.15) is 5.82 Å². The molecule has 0 saturated heterocycles. The van der Waals surface area contributed by atoms with Crippen molar-refractivity contribution in [2.45, 2.75) is 12.6 Å². The van der Waals surface area contributed by atoms with E-state index in [9.17, 15) is 13.2 Å². The van der Waals surface area contributed by atoms with Crippen molar-refractivity contribution >= 4 is 11.0 Å². The van der Waals surface area contributed by atoms with Crippen LogP contribution in [0.15, 0.2) is 42.5 Å². The van der Waals surface area contributed by atoms with E-state index >= 15 is 0 Å².